The number of methoxy groups -OCH3 is 2. The summed E-state index contributed by atoms with van der Waals surface area (Å²) in [6, 6.07) is 26.5. The summed E-state index contributed by atoms with van der Waals surface area (Å²) < 4.78 is 16.4. The number of carbonyl (C=O) groups excluding carboxylic acids is 1. The SMILES string of the molecule is CCN(Cc1ccccc1)c1ccc(C(=O)NCCOc2ccccc2)c(-c2cc(OC)c(O)c(OC)c2)n1. The molecule has 0 unspecified atom stereocenters. The van der Waals surface area contributed by atoms with E-state index in [1.54, 1.807) is 18.2 Å². The molecule has 0 bridgehead atoms. The highest BCUT2D eigenvalue weighted by atomic mass is 16.5. The van der Waals surface area contributed by atoms with Crippen LogP contribution < -0.4 is 24.4 Å². The van der Waals surface area contributed by atoms with Crippen LogP contribution in [-0.2, 0) is 6.54 Å². The van der Waals surface area contributed by atoms with Crippen LogP contribution in [0.25, 0.3) is 11.3 Å². The van der Waals surface area contributed by atoms with Crippen molar-refractivity contribution >= 4 is 11.7 Å². The standard InChI is InChI=1S/C31H33N3O5/c1-4-34(21-22-11-7-5-8-12-22)28-16-15-25(31(36)32-17-18-39-24-13-9-6-10-14-24)29(33-28)23-19-26(37-2)30(35)27(20-23)38-3/h5-16,19-20,35H,4,17-18,21H2,1-3H3,(H,32,36). The zero-order chi connectivity index (χ0) is 27.6. The maximum atomic E-state index is 13.3. The van der Waals surface area contributed by atoms with Gasteiger partial charge in [0.25, 0.3) is 5.91 Å². The van der Waals surface area contributed by atoms with Crippen molar-refractivity contribution in [3.8, 4) is 34.3 Å². The molecule has 1 amide bonds. The summed E-state index contributed by atoms with van der Waals surface area (Å²) in [5, 5.41) is 13.4. The third kappa shape index (κ3) is 6.78. The summed E-state index contributed by atoms with van der Waals surface area (Å²) in [5.74, 6) is 1.47. The summed E-state index contributed by atoms with van der Waals surface area (Å²) in [6.45, 7) is 4.06. The third-order valence-corrected chi connectivity index (χ3v) is 6.20. The van der Waals surface area contributed by atoms with Gasteiger partial charge in [-0.3, -0.25) is 4.79 Å². The van der Waals surface area contributed by atoms with E-state index in [1.807, 2.05) is 54.6 Å². The molecule has 1 heterocycles. The van der Waals surface area contributed by atoms with Gasteiger partial charge in [-0.25, -0.2) is 4.98 Å². The third-order valence-electron chi connectivity index (χ3n) is 6.20. The fourth-order valence-electron chi connectivity index (χ4n) is 4.16. The molecule has 8 nitrogen and oxygen atoms in total. The Kier molecular flexibility index (Phi) is 9.24. The molecule has 4 aromatic rings. The van der Waals surface area contributed by atoms with Gasteiger partial charge in [-0.15, -0.1) is 0 Å². The molecule has 3 aromatic carbocycles. The van der Waals surface area contributed by atoms with Crippen molar-refractivity contribution in [3.63, 3.8) is 0 Å². The summed E-state index contributed by atoms with van der Waals surface area (Å²) in [7, 11) is 2.92. The molecule has 1 aromatic heterocycles. The van der Waals surface area contributed by atoms with E-state index in [9.17, 15) is 9.90 Å². The molecule has 4 rings (SSSR count). The topological polar surface area (TPSA) is 93.2 Å². The number of benzene rings is 3. The first kappa shape index (κ1) is 27.3. The number of nitrogens with one attached hydrogen (secondary N) is 1. The van der Waals surface area contributed by atoms with E-state index in [0.717, 1.165) is 11.3 Å². The predicted octanol–water partition coefficient (Wildman–Crippen LogP) is 5.31. The van der Waals surface area contributed by atoms with Crippen molar-refractivity contribution in [2.24, 2.45) is 0 Å². The number of aromatic nitrogens is 1. The van der Waals surface area contributed by atoms with Gasteiger partial charge in [-0.2, -0.15) is 0 Å². The van der Waals surface area contributed by atoms with Crippen LogP contribution in [0.5, 0.6) is 23.0 Å². The zero-order valence-corrected chi connectivity index (χ0v) is 22.4. The molecule has 0 aliphatic heterocycles. The Morgan fingerprint density at radius 1 is 0.923 bits per heavy atom. The van der Waals surface area contributed by atoms with E-state index in [4.69, 9.17) is 19.2 Å². The minimum absolute atomic E-state index is 0.122. The Balaban J connectivity index is 1.65. The lowest BCUT2D eigenvalue weighted by Crippen LogP contribution is -2.29. The number of phenolic OH excluding ortho intramolecular Hbond substituents is 1. The van der Waals surface area contributed by atoms with Gasteiger partial charge in [0.2, 0.25) is 5.75 Å². The van der Waals surface area contributed by atoms with E-state index in [-0.39, 0.29) is 23.2 Å². The van der Waals surface area contributed by atoms with Crippen molar-refractivity contribution in [2.45, 2.75) is 13.5 Å². The van der Waals surface area contributed by atoms with Crippen molar-refractivity contribution in [1.82, 2.24) is 10.3 Å². The normalized spacial score (nSPS) is 10.5. The van der Waals surface area contributed by atoms with Crippen molar-refractivity contribution in [1.29, 1.82) is 0 Å². The number of hydrogen-bond donors (Lipinski definition) is 2. The van der Waals surface area contributed by atoms with E-state index in [0.29, 0.717) is 48.9 Å². The number of nitrogens with zero attached hydrogens (tertiary/aromatic N) is 2. The second-order valence-corrected chi connectivity index (χ2v) is 8.71. The van der Waals surface area contributed by atoms with Crippen LogP contribution in [0, 0.1) is 0 Å². The number of ether oxygens (including phenoxy) is 3. The van der Waals surface area contributed by atoms with E-state index in [2.05, 4.69) is 29.3 Å². The number of para-hydroxylation sites is 1. The molecule has 8 heteroatoms. The van der Waals surface area contributed by atoms with Gasteiger partial charge in [-0.1, -0.05) is 48.5 Å². The lowest BCUT2D eigenvalue weighted by molar-refractivity contribution is 0.0947. The summed E-state index contributed by atoms with van der Waals surface area (Å²) >= 11 is 0. The molecule has 0 aliphatic rings. The van der Waals surface area contributed by atoms with Gasteiger partial charge >= 0.3 is 0 Å². The van der Waals surface area contributed by atoms with Gasteiger partial charge in [-0.05, 0) is 48.9 Å². The first-order chi connectivity index (χ1) is 19.0. The maximum Gasteiger partial charge on any atom is 0.253 e. The molecule has 0 saturated carbocycles. The smallest absolute Gasteiger partial charge is 0.253 e. The average molecular weight is 528 g/mol. The molecule has 202 valence electrons. The van der Waals surface area contributed by atoms with Crippen molar-refractivity contribution < 1.29 is 24.1 Å². The quantitative estimate of drug-likeness (QED) is 0.241. The molecular weight excluding hydrogens is 494 g/mol. The van der Waals surface area contributed by atoms with Gasteiger partial charge in [0.15, 0.2) is 11.5 Å². The van der Waals surface area contributed by atoms with Crippen LogP contribution in [0.2, 0.25) is 0 Å². The second kappa shape index (κ2) is 13.2. The second-order valence-electron chi connectivity index (χ2n) is 8.71. The van der Waals surface area contributed by atoms with E-state index < -0.39 is 0 Å². The highest BCUT2D eigenvalue weighted by molar-refractivity contribution is 6.00. The van der Waals surface area contributed by atoms with Gasteiger partial charge in [0.05, 0.1) is 32.0 Å². The summed E-state index contributed by atoms with van der Waals surface area (Å²) in [4.78, 5) is 20.4. The Hall–Kier alpha value is -4.72. The lowest BCUT2D eigenvalue weighted by Gasteiger charge is -2.24. The molecule has 39 heavy (non-hydrogen) atoms. The number of amides is 1. The van der Waals surface area contributed by atoms with Gasteiger partial charge in [0, 0.05) is 18.7 Å². The predicted molar refractivity (Wildman–Crippen MR) is 152 cm³/mol. The highest BCUT2D eigenvalue weighted by Crippen LogP contribution is 2.41. The largest absolute Gasteiger partial charge is 0.502 e. The number of hydrogen-bond acceptors (Lipinski definition) is 7. The number of rotatable bonds is 12. The molecule has 0 atom stereocenters. The van der Waals surface area contributed by atoms with Crippen molar-refractivity contribution in [3.05, 3.63) is 96.1 Å². The first-order valence-corrected chi connectivity index (χ1v) is 12.7. The minimum atomic E-state index is -0.294. The monoisotopic (exact) mass is 527 g/mol. The number of pyridine rings is 1. The molecule has 0 radical (unpaired) electrons. The van der Waals surface area contributed by atoms with Crippen LogP contribution >= 0.6 is 0 Å². The number of phenols is 1. The minimum Gasteiger partial charge on any atom is -0.502 e. The Bertz CT molecular complexity index is 1350. The van der Waals surface area contributed by atoms with Crippen LogP contribution in [0.4, 0.5) is 5.82 Å². The van der Waals surface area contributed by atoms with E-state index >= 15 is 0 Å². The average Bonchev–Trinajstić information content (AvgIpc) is 2.99. The van der Waals surface area contributed by atoms with Crippen LogP contribution in [0.3, 0.4) is 0 Å². The lowest BCUT2D eigenvalue weighted by atomic mass is 10.0. The molecular formula is C31H33N3O5. The summed E-state index contributed by atoms with van der Waals surface area (Å²) in [6.07, 6.45) is 0. The highest BCUT2D eigenvalue weighted by Gasteiger charge is 2.21. The van der Waals surface area contributed by atoms with Crippen LogP contribution in [0.1, 0.15) is 22.8 Å². The molecule has 2 N–H and O–H groups in total. The van der Waals surface area contributed by atoms with Crippen molar-refractivity contribution in [2.75, 3.05) is 38.8 Å². The molecule has 0 spiro atoms. The maximum absolute atomic E-state index is 13.3. The molecule has 0 aliphatic carbocycles. The van der Waals surface area contributed by atoms with Gasteiger partial charge in [0.1, 0.15) is 18.2 Å². The van der Waals surface area contributed by atoms with E-state index in [1.165, 1.54) is 14.2 Å². The van der Waals surface area contributed by atoms with Gasteiger partial charge < -0.3 is 29.5 Å². The Morgan fingerprint density at radius 3 is 2.18 bits per heavy atom. The Morgan fingerprint density at radius 2 is 1.56 bits per heavy atom. The first-order valence-electron chi connectivity index (χ1n) is 12.7. The van der Waals surface area contributed by atoms with Crippen LogP contribution in [0.15, 0.2) is 84.9 Å². The van der Waals surface area contributed by atoms with Crippen LogP contribution in [-0.4, -0.2) is 49.9 Å². The fourth-order valence-corrected chi connectivity index (χ4v) is 4.16. The molecule has 0 saturated heterocycles. The number of carbonyl (C=O) groups is 1. The molecule has 0 fully saturated rings. The number of aromatic hydroxyl groups is 1. The fraction of sp³-hybridized carbons (Fsp3) is 0.226. The Labute approximate surface area is 228 Å². The summed E-state index contributed by atoms with van der Waals surface area (Å²) in [5.41, 5.74) is 2.54. The number of anilines is 1. The zero-order valence-electron chi connectivity index (χ0n) is 22.4.